The number of hydrogen-bond acceptors (Lipinski definition) is 3. The van der Waals surface area contributed by atoms with Gasteiger partial charge in [0.2, 0.25) is 0 Å². The molecule has 1 aromatic carbocycles. The van der Waals surface area contributed by atoms with Crippen LogP contribution in [0.1, 0.15) is 24.8 Å². The molecule has 1 aromatic rings. The molecule has 1 heterocycles. The summed E-state index contributed by atoms with van der Waals surface area (Å²) in [6.45, 7) is 2.13. The summed E-state index contributed by atoms with van der Waals surface area (Å²) in [4.78, 5) is 0. The van der Waals surface area contributed by atoms with Crippen molar-refractivity contribution in [1.29, 1.82) is 5.26 Å². The topological polar surface area (TPSA) is 47.9 Å². The lowest BCUT2D eigenvalue weighted by Gasteiger charge is -2.24. The Kier molecular flexibility index (Phi) is 4.40. The van der Waals surface area contributed by atoms with Crippen LogP contribution in [0.3, 0.4) is 0 Å². The summed E-state index contributed by atoms with van der Waals surface area (Å²) < 4.78 is 0. The number of rotatable bonds is 4. The Balaban J connectivity index is 1.80. The van der Waals surface area contributed by atoms with E-state index in [9.17, 15) is 0 Å². The molecule has 0 aliphatic carbocycles. The standard InChI is InChI=1S/C14H19N3/c15-9-8-12-4-6-13(7-5-12)17-11-14-3-1-2-10-16-14/h4-7,14,16-17H,1-3,8,10-11H2. The van der Waals surface area contributed by atoms with Crippen molar-refractivity contribution in [2.24, 2.45) is 0 Å². The summed E-state index contributed by atoms with van der Waals surface area (Å²) in [5, 5.41) is 15.5. The highest BCUT2D eigenvalue weighted by atomic mass is 15.0. The van der Waals surface area contributed by atoms with E-state index in [0.717, 1.165) is 24.3 Å². The van der Waals surface area contributed by atoms with Crippen molar-refractivity contribution in [3.8, 4) is 6.07 Å². The van der Waals surface area contributed by atoms with E-state index in [4.69, 9.17) is 5.26 Å². The van der Waals surface area contributed by atoms with Gasteiger partial charge in [-0.3, -0.25) is 0 Å². The summed E-state index contributed by atoms with van der Waals surface area (Å²) in [6, 6.07) is 10.9. The van der Waals surface area contributed by atoms with E-state index in [1.165, 1.54) is 19.3 Å². The van der Waals surface area contributed by atoms with Gasteiger partial charge in [0.15, 0.2) is 0 Å². The van der Waals surface area contributed by atoms with Crippen molar-refractivity contribution < 1.29 is 0 Å². The zero-order chi connectivity index (χ0) is 11.9. The van der Waals surface area contributed by atoms with Crippen LogP contribution in [-0.4, -0.2) is 19.1 Å². The van der Waals surface area contributed by atoms with Crippen LogP contribution >= 0.6 is 0 Å². The molecule has 1 unspecified atom stereocenters. The Morgan fingerprint density at radius 1 is 1.29 bits per heavy atom. The molecule has 17 heavy (non-hydrogen) atoms. The van der Waals surface area contributed by atoms with Crippen molar-refractivity contribution in [2.75, 3.05) is 18.4 Å². The van der Waals surface area contributed by atoms with Crippen molar-refractivity contribution >= 4 is 5.69 Å². The Morgan fingerprint density at radius 3 is 2.76 bits per heavy atom. The molecule has 0 bridgehead atoms. The lowest BCUT2D eigenvalue weighted by atomic mass is 10.1. The van der Waals surface area contributed by atoms with Crippen LogP contribution in [0.4, 0.5) is 5.69 Å². The zero-order valence-electron chi connectivity index (χ0n) is 10.1. The van der Waals surface area contributed by atoms with Crippen LogP contribution in [-0.2, 0) is 6.42 Å². The molecule has 3 nitrogen and oxygen atoms in total. The number of nitriles is 1. The minimum Gasteiger partial charge on any atom is -0.383 e. The van der Waals surface area contributed by atoms with Crippen LogP contribution in [0.2, 0.25) is 0 Å². The minimum atomic E-state index is 0.491. The van der Waals surface area contributed by atoms with Gasteiger partial charge in [-0.2, -0.15) is 5.26 Å². The average molecular weight is 229 g/mol. The van der Waals surface area contributed by atoms with Crippen molar-refractivity contribution in [1.82, 2.24) is 5.32 Å². The lowest BCUT2D eigenvalue weighted by Crippen LogP contribution is -2.39. The molecule has 2 N–H and O–H groups in total. The normalized spacial score (nSPS) is 19.6. The number of nitrogens with one attached hydrogen (secondary N) is 2. The molecule has 1 aliphatic heterocycles. The second-order valence-electron chi connectivity index (χ2n) is 4.56. The molecule has 0 aromatic heterocycles. The molecular formula is C14H19N3. The maximum atomic E-state index is 8.59. The van der Waals surface area contributed by atoms with Crippen LogP contribution in [0.25, 0.3) is 0 Å². The fourth-order valence-corrected chi connectivity index (χ4v) is 2.17. The molecule has 0 spiro atoms. The molecule has 1 fully saturated rings. The van der Waals surface area contributed by atoms with E-state index < -0.39 is 0 Å². The third kappa shape index (κ3) is 3.76. The van der Waals surface area contributed by atoms with Gasteiger partial charge in [0.05, 0.1) is 12.5 Å². The lowest BCUT2D eigenvalue weighted by molar-refractivity contribution is 0.414. The first kappa shape index (κ1) is 11.9. The number of nitrogens with zero attached hydrogens (tertiary/aromatic N) is 1. The van der Waals surface area contributed by atoms with Crippen molar-refractivity contribution in [3.05, 3.63) is 29.8 Å². The summed E-state index contributed by atoms with van der Waals surface area (Å²) in [5.74, 6) is 0. The second-order valence-corrected chi connectivity index (χ2v) is 4.56. The Morgan fingerprint density at radius 2 is 2.12 bits per heavy atom. The Hall–Kier alpha value is -1.53. The largest absolute Gasteiger partial charge is 0.383 e. The van der Waals surface area contributed by atoms with Crippen LogP contribution < -0.4 is 10.6 Å². The smallest absolute Gasteiger partial charge is 0.0669 e. The maximum Gasteiger partial charge on any atom is 0.0669 e. The van der Waals surface area contributed by atoms with Crippen LogP contribution in [0.15, 0.2) is 24.3 Å². The summed E-state index contributed by atoms with van der Waals surface area (Å²) in [6.07, 6.45) is 4.39. The SMILES string of the molecule is N#CCc1ccc(NCC2CCCCN2)cc1. The van der Waals surface area contributed by atoms with Crippen LogP contribution in [0, 0.1) is 11.3 Å². The predicted octanol–water partition coefficient (Wildman–Crippen LogP) is 2.31. The van der Waals surface area contributed by atoms with Gasteiger partial charge >= 0.3 is 0 Å². The number of anilines is 1. The molecular weight excluding hydrogens is 210 g/mol. The highest BCUT2D eigenvalue weighted by molar-refractivity contribution is 5.45. The highest BCUT2D eigenvalue weighted by Gasteiger charge is 2.11. The van der Waals surface area contributed by atoms with E-state index in [0.29, 0.717) is 12.5 Å². The third-order valence-electron chi connectivity index (χ3n) is 3.20. The van der Waals surface area contributed by atoms with Crippen LogP contribution in [0.5, 0.6) is 0 Å². The number of piperidine rings is 1. The first-order chi connectivity index (χ1) is 8.38. The molecule has 0 radical (unpaired) electrons. The highest BCUT2D eigenvalue weighted by Crippen LogP contribution is 2.12. The van der Waals surface area contributed by atoms with Gasteiger partial charge in [0.1, 0.15) is 0 Å². The van der Waals surface area contributed by atoms with E-state index in [1.807, 2.05) is 12.1 Å². The van der Waals surface area contributed by atoms with Gasteiger partial charge in [-0.1, -0.05) is 18.6 Å². The molecule has 1 aliphatic rings. The van der Waals surface area contributed by atoms with Gasteiger partial charge in [-0.05, 0) is 37.1 Å². The predicted molar refractivity (Wildman–Crippen MR) is 69.9 cm³/mol. The maximum absolute atomic E-state index is 8.59. The van der Waals surface area contributed by atoms with Gasteiger partial charge in [0.25, 0.3) is 0 Å². The molecule has 3 heteroatoms. The van der Waals surface area contributed by atoms with E-state index in [-0.39, 0.29) is 0 Å². The quantitative estimate of drug-likeness (QED) is 0.833. The Labute approximate surface area is 103 Å². The second kappa shape index (κ2) is 6.27. The first-order valence-corrected chi connectivity index (χ1v) is 6.31. The summed E-state index contributed by atoms with van der Waals surface area (Å²) in [5.41, 5.74) is 2.22. The van der Waals surface area contributed by atoms with E-state index >= 15 is 0 Å². The monoisotopic (exact) mass is 229 g/mol. The fraction of sp³-hybridized carbons (Fsp3) is 0.500. The first-order valence-electron chi connectivity index (χ1n) is 6.31. The van der Waals surface area contributed by atoms with Gasteiger partial charge in [-0.25, -0.2) is 0 Å². The Bertz CT molecular complexity index is 371. The summed E-state index contributed by atoms with van der Waals surface area (Å²) >= 11 is 0. The molecule has 90 valence electrons. The molecule has 0 amide bonds. The third-order valence-corrected chi connectivity index (χ3v) is 3.20. The fourth-order valence-electron chi connectivity index (χ4n) is 2.17. The minimum absolute atomic E-state index is 0.491. The van der Waals surface area contributed by atoms with Crippen molar-refractivity contribution in [2.45, 2.75) is 31.7 Å². The van der Waals surface area contributed by atoms with Crippen molar-refractivity contribution in [3.63, 3.8) is 0 Å². The average Bonchev–Trinajstić information content (AvgIpc) is 2.40. The molecule has 1 saturated heterocycles. The van der Waals surface area contributed by atoms with E-state index in [2.05, 4.69) is 28.8 Å². The zero-order valence-corrected chi connectivity index (χ0v) is 10.1. The van der Waals surface area contributed by atoms with Gasteiger partial charge < -0.3 is 10.6 Å². The van der Waals surface area contributed by atoms with Gasteiger partial charge in [0, 0.05) is 18.3 Å². The molecule has 1 atom stereocenters. The molecule has 2 rings (SSSR count). The number of hydrogen-bond donors (Lipinski definition) is 2. The number of benzene rings is 1. The van der Waals surface area contributed by atoms with E-state index in [1.54, 1.807) is 0 Å². The summed E-state index contributed by atoms with van der Waals surface area (Å²) in [7, 11) is 0. The van der Waals surface area contributed by atoms with Gasteiger partial charge in [-0.15, -0.1) is 0 Å². The molecule has 0 saturated carbocycles.